The average molecular weight is 597 g/mol. The van der Waals surface area contributed by atoms with Crippen LogP contribution in [-0.4, -0.2) is 79.6 Å². The van der Waals surface area contributed by atoms with Gasteiger partial charge in [-0.05, 0) is 43.4 Å². The van der Waals surface area contributed by atoms with Gasteiger partial charge in [-0.25, -0.2) is 4.98 Å². The fourth-order valence-electron chi connectivity index (χ4n) is 6.70. The van der Waals surface area contributed by atoms with Gasteiger partial charge in [0.25, 0.3) is 0 Å². The number of hydrogen-bond donors (Lipinski definition) is 6. The molecule has 1 amide bonds. The first-order valence-corrected chi connectivity index (χ1v) is 15.8. The fraction of sp³-hybridized carbons (Fsp3) is 0.455. The molecular weight excluding hydrogens is 556 g/mol. The second-order valence-corrected chi connectivity index (χ2v) is 12.3. The van der Waals surface area contributed by atoms with Gasteiger partial charge < -0.3 is 36.0 Å². The van der Waals surface area contributed by atoms with Crippen LogP contribution in [0.2, 0.25) is 0 Å². The lowest BCUT2D eigenvalue weighted by Gasteiger charge is -2.27. The van der Waals surface area contributed by atoms with Gasteiger partial charge in [0, 0.05) is 31.0 Å². The van der Waals surface area contributed by atoms with Gasteiger partial charge in [0.05, 0.1) is 18.4 Å². The van der Waals surface area contributed by atoms with E-state index in [1.54, 1.807) is 6.33 Å². The van der Waals surface area contributed by atoms with E-state index in [2.05, 4.69) is 69.8 Å². The fourth-order valence-corrected chi connectivity index (χ4v) is 6.70. The first-order valence-electron chi connectivity index (χ1n) is 15.8. The van der Waals surface area contributed by atoms with Gasteiger partial charge in [0.1, 0.15) is 12.2 Å². The zero-order chi connectivity index (χ0) is 30.0. The minimum atomic E-state index is -1.08. The number of aromatic nitrogens is 4. The molecular formula is C33H40N8O3. The smallest absolute Gasteiger partial charge is 0.227 e. The highest BCUT2D eigenvalue weighted by atomic mass is 16.3. The second kappa shape index (κ2) is 12.5. The Hall–Kier alpha value is -4.06. The summed E-state index contributed by atoms with van der Waals surface area (Å²) < 4.78 is 1.83. The molecule has 1 saturated heterocycles. The van der Waals surface area contributed by atoms with Crippen molar-refractivity contribution in [1.29, 1.82) is 0 Å². The van der Waals surface area contributed by atoms with Crippen LogP contribution >= 0.6 is 0 Å². The zero-order valence-corrected chi connectivity index (χ0v) is 24.6. The van der Waals surface area contributed by atoms with Crippen molar-refractivity contribution >= 4 is 28.8 Å². The Morgan fingerprint density at radius 3 is 2.34 bits per heavy atom. The Labute approximate surface area is 256 Å². The molecule has 0 spiro atoms. The number of aliphatic hydroxyl groups excluding tert-OH is 2. The maximum Gasteiger partial charge on any atom is 0.227 e. The normalized spacial score (nSPS) is 25.3. The maximum absolute atomic E-state index is 12.7. The quantitative estimate of drug-likeness (QED) is 0.163. The number of hydrogen-bond acceptors (Lipinski definition) is 9. The van der Waals surface area contributed by atoms with Crippen molar-refractivity contribution in [2.24, 2.45) is 5.92 Å². The van der Waals surface area contributed by atoms with Crippen LogP contribution in [0.5, 0.6) is 0 Å². The van der Waals surface area contributed by atoms with Gasteiger partial charge in [-0.15, -0.1) is 0 Å². The van der Waals surface area contributed by atoms with E-state index in [-0.39, 0.29) is 23.8 Å². The number of aliphatic hydroxyl groups is 2. The number of amides is 1. The lowest BCUT2D eigenvalue weighted by atomic mass is 9.84. The minimum absolute atomic E-state index is 0.00292. The predicted octanol–water partition coefficient (Wildman–Crippen LogP) is 2.80. The van der Waals surface area contributed by atoms with E-state index in [1.165, 1.54) is 11.1 Å². The summed E-state index contributed by atoms with van der Waals surface area (Å²) in [5, 5.41) is 35.5. The molecule has 11 nitrogen and oxygen atoms in total. The van der Waals surface area contributed by atoms with Crippen LogP contribution in [0.1, 0.15) is 55.2 Å². The number of imidazole rings is 1. The van der Waals surface area contributed by atoms with Crippen molar-refractivity contribution in [2.45, 2.75) is 68.4 Å². The van der Waals surface area contributed by atoms with Crippen LogP contribution in [0.4, 0.5) is 11.8 Å². The molecule has 2 saturated carbocycles. The van der Waals surface area contributed by atoms with Crippen molar-refractivity contribution in [3.63, 3.8) is 0 Å². The third kappa shape index (κ3) is 5.74. The van der Waals surface area contributed by atoms with Crippen molar-refractivity contribution in [3.8, 4) is 0 Å². The van der Waals surface area contributed by atoms with E-state index in [1.807, 2.05) is 16.7 Å². The predicted molar refractivity (Wildman–Crippen MR) is 168 cm³/mol. The van der Waals surface area contributed by atoms with E-state index in [9.17, 15) is 15.0 Å². The zero-order valence-electron chi connectivity index (χ0n) is 24.6. The van der Waals surface area contributed by atoms with E-state index < -0.39 is 24.3 Å². The molecule has 2 aliphatic carbocycles. The second-order valence-electron chi connectivity index (χ2n) is 12.3. The molecule has 1 aliphatic heterocycles. The molecule has 44 heavy (non-hydrogen) atoms. The largest absolute Gasteiger partial charge is 0.388 e. The first kappa shape index (κ1) is 28.7. The van der Waals surface area contributed by atoms with Crippen LogP contribution in [0.3, 0.4) is 0 Å². The number of nitrogens with zero attached hydrogens (tertiary/aromatic N) is 4. The van der Waals surface area contributed by atoms with Crippen molar-refractivity contribution in [3.05, 3.63) is 78.1 Å². The summed E-state index contributed by atoms with van der Waals surface area (Å²) in [7, 11) is 0. The summed E-state index contributed by atoms with van der Waals surface area (Å²) in [4.78, 5) is 27.1. The highest BCUT2D eigenvalue weighted by Crippen LogP contribution is 2.36. The van der Waals surface area contributed by atoms with E-state index in [0.29, 0.717) is 35.9 Å². The number of benzene rings is 2. The summed E-state index contributed by atoms with van der Waals surface area (Å²) in [6.07, 6.45) is 3.64. The molecule has 2 aromatic heterocycles. The summed E-state index contributed by atoms with van der Waals surface area (Å²) in [5.41, 5.74) is 3.53. The van der Waals surface area contributed by atoms with E-state index >= 15 is 0 Å². The first-order chi connectivity index (χ1) is 21.5. The number of nitrogens with one attached hydrogen (secondary N) is 4. The lowest BCUT2D eigenvalue weighted by molar-refractivity contribution is -0.129. The van der Waals surface area contributed by atoms with E-state index in [4.69, 9.17) is 15.0 Å². The van der Waals surface area contributed by atoms with Gasteiger partial charge in [-0.1, -0.05) is 67.1 Å². The van der Waals surface area contributed by atoms with Crippen molar-refractivity contribution < 1.29 is 15.0 Å². The van der Waals surface area contributed by atoms with Crippen molar-refractivity contribution in [1.82, 2.24) is 30.2 Å². The van der Waals surface area contributed by atoms with Crippen LogP contribution in [0, 0.1) is 5.92 Å². The molecule has 3 aliphatic rings. The van der Waals surface area contributed by atoms with Gasteiger partial charge >= 0.3 is 0 Å². The molecule has 6 N–H and O–H groups in total. The summed E-state index contributed by atoms with van der Waals surface area (Å²) in [6, 6.07) is 19.9. The average Bonchev–Trinajstić information content (AvgIpc) is 3.74. The molecule has 2 aromatic carbocycles. The third-order valence-electron chi connectivity index (χ3n) is 9.51. The highest BCUT2D eigenvalue weighted by molar-refractivity contribution is 5.84. The minimum Gasteiger partial charge on any atom is -0.388 e. The Bertz CT molecular complexity index is 1530. The van der Waals surface area contributed by atoms with Crippen LogP contribution in [-0.2, 0) is 4.79 Å². The summed E-state index contributed by atoms with van der Waals surface area (Å²) >= 11 is 0. The molecule has 230 valence electrons. The lowest BCUT2D eigenvalue weighted by Crippen LogP contribution is -2.46. The molecule has 5 atom stereocenters. The van der Waals surface area contributed by atoms with Gasteiger partial charge in [-0.3, -0.25) is 4.79 Å². The number of carbonyl (C=O) groups excluding carboxylic acids is 1. The molecule has 7 rings (SSSR count). The van der Waals surface area contributed by atoms with Crippen LogP contribution in [0.25, 0.3) is 11.2 Å². The molecule has 3 heterocycles. The van der Waals surface area contributed by atoms with Crippen LogP contribution < -0.4 is 21.3 Å². The van der Waals surface area contributed by atoms with E-state index in [0.717, 1.165) is 38.8 Å². The standard InChI is InChI=1S/C33H40N8O3/c42-28-25(38-32(44)22-12-7-13-22)16-26(29(28)43)41-19-36-27-30(39-33(40-31(27)41)37-23-14-15-34-17-23)35-18-24(20-8-3-1-4-9-20)21-10-5-2-6-11-21/h1-6,8-11,19,22-26,28-29,34,42-43H,7,12-18H2,(H,38,44)(H2,35,37,39,40)/t23-,25-,26+,28+,29-/m0/s1. The van der Waals surface area contributed by atoms with Gasteiger partial charge in [-0.2, -0.15) is 9.97 Å². The number of anilines is 2. The van der Waals surface area contributed by atoms with Gasteiger partial charge in [0.15, 0.2) is 17.0 Å². The summed E-state index contributed by atoms with van der Waals surface area (Å²) in [6.45, 7) is 2.33. The maximum atomic E-state index is 12.7. The molecule has 0 unspecified atom stereocenters. The number of fused-ring (bicyclic) bond motifs is 1. The summed E-state index contributed by atoms with van der Waals surface area (Å²) in [5.74, 6) is 1.12. The Kier molecular flexibility index (Phi) is 8.16. The van der Waals surface area contributed by atoms with Crippen LogP contribution in [0.15, 0.2) is 67.0 Å². The highest BCUT2D eigenvalue weighted by Gasteiger charge is 2.44. The molecule has 11 heteroatoms. The third-order valence-corrected chi connectivity index (χ3v) is 9.51. The molecule has 4 aromatic rings. The topological polar surface area (TPSA) is 149 Å². The number of rotatable bonds is 10. The Balaban J connectivity index is 1.19. The Morgan fingerprint density at radius 2 is 1.70 bits per heavy atom. The monoisotopic (exact) mass is 596 g/mol. The number of carbonyl (C=O) groups is 1. The SMILES string of the molecule is O=C(N[C@H]1C[C@@H](n2cnc3c(NCC(c4ccccc4)c4ccccc4)nc(N[C@H]4CCNC4)nc32)[C@H](O)[C@@H]1O)C1CCC1. The van der Waals surface area contributed by atoms with Gasteiger partial charge in [0.2, 0.25) is 11.9 Å². The molecule has 0 radical (unpaired) electrons. The molecule has 3 fully saturated rings. The molecule has 0 bridgehead atoms. The Morgan fingerprint density at radius 1 is 0.977 bits per heavy atom. The van der Waals surface area contributed by atoms with Crippen molar-refractivity contribution in [2.75, 3.05) is 30.3 Å².